The predicted molar refractivity (Wildman–Crippen MR) is 147 cm³/mol. The molecule has 0 saturated heterocycles. The van der Waals surface area contributed by atoms with Crippen molar-refractivity contribution in [3.63, 3.8) is 0 Å². The Kier molecular flexibility index (Phi) is 7.11. The van der Waals surface area contributed by atoms with Crippen LogP contribution >= 0.6 is 0 Å². The van der Waals surface area contributed by atoms with Crippen LogP contribution in [0.4, 0.5) is 17.1 Å². The van der Waals surface area contributed by atoms with Crippen molar-refractivity contribution in [2.45, 2.75) is 13.0 Å². The van der Waals surface area contributed by atoms with Gasteiger partial charge in [-0.1, -0.05) is 66.7 Å². The fourth-order valence-electron chi connectivity index (χ4n) is 4.09. The molecule has 0 saturated carbocycles. The lowest BCUT2D eigenvalue weighted by Crippen LogP contribution is -2.17. The summed E-state index contributed by atoms with van der Waals surface area (Å²) >= 11 is 0. The maximum atomic E-state index is 12.5. The van der Waals surface area contributed by atoms with Gasteiger partial charge in [0, 0.05) is 28.8 Å². The smallest absolute Gasteiger partial charge is 0.232 e. The molecule has 5 aromatic rings. The van der Waals surface area contributed by atoms with Crippen molar-refractivity contribution in [1.29, 1.82) is 0 Å². The van der Waals surface area contributed by atoms with E-state index in [0.717, 1.165) is 38.7 Å². The van der Waals surface area contributed by atoms with Gasteiger partial charge in [0.2, 0.25) is 10.0 Å². The number of sulfonamides is 1. The first kappa shape index (κ1) is 23.8. The first-order chi connectivity index (χ1) is 17.6. The molecule has 5 rings (SSSR count). The number of nitrogens with zero attached hydrogens (tertiary/aromatic N) is 1. The zero-order valence-electron chi connectivity index (χ0n) is 19.7. The molecule has 0 spiro atoms. The highest BCUT2D eigenvalue weighted by Gasteiger charge is 2.12. The van der Waals surface area contributed by atoms with E-state index in [1.165, 1.54) is 0 Å². The van der Waals surface area contributed by atoms with Crippen molar-refractivity contribution in [1.82, 2.24) is 4.98 Å². The van der Waals surface area contributed by atoms with E-state index in [4.69, 9.17) is 9.72 Å². The Labute approximate surface area is 211 Å². The second kappa shape index (κ2) is 10.8. The molecule has 0 unspecified atom stereocenters. The molecule has 0 aliphatic rings. The van der Waals surface area contributed by atoms with E-state index in [0.29, 0.717) is 25.3 Å². The summed E-state index contributed by atoms with van der Waals surface area (Å²) in [4.78, 5) is 4.76. The summed E-state index contributed by atoms with van der Waals surface area (Å²) < 4.78 is 33.3. The van der Waals surface area contributed by atoms with Gasteiger partial charge in [-0.15, -0.1) is 0 Å². The van der Waals surface area contributed by atoms with Crippen molar-refractivity contribution in [2.24, 2.45) is 0 Å². The molecule has 6 nitrogen and oxygen atoms in total. The van der Waals surface area contributed by atoms with Gasteiger partial charge < -0.3 is 10.1 Å². The van der Waals surface area contributed by atoms with Gasteiger partial charge in [-0.2, -0.15) is 0 Å². The summed E-state index contributed by atoms with van der Waals surface area (Å²) in [6, 6.07) is 33.1. The number of anilines is 3. The van der Waals surface area contributed by atoms with Crippen molar-refractivity contribution >= 4 is 48.9 Å². The maximum Gasteiger partial charge on any atom is 0.232 e. The molecule has 0 atom stereocenters. The van der Waals surface area contributed by atoms with Crippen molar-refractivity contribution in [3.8, 4) is 0 Å². The number of fused-ring (bicyclic) bond motifs is 2. The Balaban J connectivity index is 1.21. The Morgan fingerprint density at radius 2 is 1.28 bits per heavy atom. The molecular weight excluding hydrogens is 470 g/mol. The van der Waals surface area contributed by atoms with E-state index in [1.807, 2.05) is 91.0 Å². The van der Waals surface area contributed by atoms with Gasteiger partial charge in [-0.25, -0.2) is 13.4 Å². The Morgan fingerprint density at radius 3 is 1.94 bits per heavy atom. The molecule has 36 heavy (non-hydrogen) atoms. The molecule has 0 amide bonds. The minimum Gasteiger partial charge on any atom is -0.377 e. The number of hydrogen-bond donors (Lipinski definition) is 2. The standard InChI is InChI=1S/C29H27N3O3S/c33-36(34,20-8-19-35-21-22-9-2-1-3-10-22)32-24-17-15-23(16-18-24)30-29-25-11-4-6-13-27(25)31-28-14-7-5-12-26(28)29/h1-7,9-18,32H,8,19-21H2,(H,30,31). The third-order valence-electron chi connectivity index (χ3n) is 5.83. The SMILES string of the molecule is O=S(=O)(CCCOCc1ccccc1)Nc1ccc(Nc2c3ccccc3nc3ccccc23)cc1. The maximum absolute atomic E-state index is 12.5. The summed E-state index contributed by atoms with van der Waals surface area (Å²) in [7, 11) is -3.47. The second-order valence-electron chi connectivity index (χ2n) is 8.54. The molecule has 0 aliphatic carbocycles. The number of aromatic nitrogens is 1. The first-order valence-corrected chi connectivity index (χ1v) is 13.5. The van der Waals surface area contributed by atoms with Crippen LogP contribution in [-0.4, -0.2) is 25.8 Å². The molecule has 182 valence electrons. The van der Waals surface area contributed by atoms with Crippen LogP contribution in [0.1, 0.15) is 12.0 Å². The minimum atomic E-state index is -3.47. The zero-order valence-corrected chi connectivity index (χ0v) is 20.5. The van der Waals surface area contributed by atoms with Crippen molar-refractivity contribution < 1.29 is 13.2 Å². The summed E-state index contributed by atoms with van der Waals surface area (Å²) in [5.41, 5.74) is 5.25. The molecule has 7 heteroatoms. The molecule has 0 bridgehead atoms. The monoisotopic (exact) mass is 497 g/mol. The van der Waals surface area contributed by atoms with Crippen LogP contribution in [0, 0.1) is 0 Å². The lowest BCUT2D eigenvalue weighted by molar-refractivity contribution is 0.122. The van der Waals surface area contributed by atoms with Gasteiger partial charge in [0.05, 0.1) is 29.1 Å². The lowest BCUT2D eigenvalue weighted by atomic mass is 10.1. The number of nitrogens with one attached hydrogen (secondary N) is 2. The normalized spacial score (nSPS) is 11.6. The van der Waals surface area contributed by atoms with E-state index < -0.39 is 10.0 Å². The van der Waals surface area contributed by atoms with Crippen LogP contribution in [-0.2, 0) is 21.4 Å². The van der Waals surface area contributed by atoms with Gasteiger partial charge in [0.1, 0.15) is 0 Å². The Bertz CT molecular complexity index is 1520. The second-order valence-corrected chi connectivity index (χ2v) is 10.4. The summed E-state index contributed by atoms with van der Waals surface area (Å²) in [5, 5.41) is 5.56. The molecule has 1 heterocycles. The molecule has 4 aromatic carbocycles. The number of ether oxygens (including phenoxy) is 1. The number of rotatable bonds is 10. The van der Waals surface area contributed by atoms with Gasteiger partial charge in [-0.05, 0) is 48.4 Å². The molecule has 0 radical (unpaired) electrons. The van der Waals surface area contributed by atoms with Gasteiger partial charge in [-0.3, -0.25) is 4.72 Å². The Hall–Kier alpha value is -3.94. The van der Waals surface area contributed by atoms with Gasteiger partial charge >= 0.3 is 0 Å². The van der Waals surface area contributed by atoms with Crippen LogP contribution in [0.15, 0.2) is 103 Å². The predicted octanol–water partition coefficient (Wildman–Crippen LogP) is 6.48. The number of benzene rings is 4. The van der Waals surface area contributed by atoms with Crippen LogP contribution in [0.5, 0.6) is 0 Å². The topological polar surface area (TPSA) is 80.3 Å². The lowest BCUT2D eigenvalue weighted by Gasteiger charge is -2.14. The van der Waals surface area contributed by atoms with Gasteiger partial charge in [0.15, 0.2) is 0 Å². The molecule has 0 fully saturated rings. The number of pyridine rings is 1. The third kappa shape index (κ3) is 5.82. The van der Waals surface area contributed by atoms with Crippen molar-refractivity contribution in [3.05, 3.63) is 109 Å². The third-order valence-corrected chi connectivity index (χ3v) is 7.20. The van der Waals surface area contributed by atoms with Crippen LogP contribution in [0.2, 0.25) is 0 Å². The molecular formula is C29H27N3O3S. The number of hydrogen-bond acceptors (Lipinski definition) is 5. The molecule has 0 aliphatic heterocycles. The fourth-order valence-corrected chi connectivity index (χ4v) is 5.18. The average Bonchev–Trinajstić information content (AvgIpc) is 2.90. The van der Waals surface area contributed by atoms with E-state index in [-0.39, 0.29) is 5.75 Å². The fraction of sp³-hybridized carbons (Fsp3) is 0.138. The van der Waals surface area contributed by atoms with Gasteiger partial charge in [0.25, 0.3) is 0 Å². The highest BCUT2D eigenvalue weighted by atomic mass is 32.2. The average molecular weight is 498 g/mol. The summed E-state index contributed by atoms with van der Waals surface area (Å²) in [6.45, 7) is 0.858. The highest BCUT2D eigenvalue weighted by molar-refractivity contribution is 7.92. The van der Waals surface area contributed by atoms with E-state index in [1.54, 1.807) is 12.1 Å². The largest absolute Gasteiger partial charge is 0.377 e. The molecule has 1 aromatic heterocycles. The first-order valence-electron chi connectivity index (χ1n) is 11.8. The summed E-state index contributed by atoms with van der Waals surface area (Å²) in [5.74, 6) is -0.00319. The quantitative estimate of drug-likeness (QED) is 0.170. The zero-order chi connectivity index (χ0) is 24.8. The summed E-state index contributed by atoms with van der Waals surface area (Å²) in [6.07, 6.45) is 0.421. The van der Waals surface area contributed by atoms with Crippen molar-refractivity contribution in [2.75, 3.05) is 22.4 Å². The molecule has 2 N–H and O–H groups in total. The highest BCUT2D eigenvalue weighted by Crippen LogP contribution is 2.33. The van der Waals surface area contributed by atoms with E-state index >= 15 is 0 Å². The van der Waals surface area contributed by atoms with Crippen LogP contribution in [0.25, 0.3) is 21.8 Å². The Morgan fingerprint density at radius 1 is 0.694 bits per heavy atom. The number of para-hydroxylation sites is 2. The van der Waals surface area contributed by atoms with Crippen LogP contribution < -0.4 is 10.0 Å². The van der Waals surface area contributed by atoms with E-state index in [9.17, 15) is 8.42 Å². The van der Waals surface area contributed by atoms with Crippen LogP contribution in [0.3, 0.4) is 0 Å². The van der Waals surface area contributed by atoms with E-state index in [2.05, 4.69) is 10.0 Å². The minimum absolute atomic E-state index is 0.00319.